The molecule has 3 fully saturated rings. The Hall–Kier alpha value is -5.17. The van der Waals surface area contributed by atoms with Crippen LogP contribution in [0.5, 0.6) is 11.5 Å². The number of hydrogen-bond donors (Lipinski definition) is 3. The number of hydrogen-bond acceptors (Lipinski definition) is 11. The van der Waals surface area contributed by atoms with E-state index in [2.05, 4.69) is 10.0 Å². The Morgan fingerprint density at radius 3 is 2.64 bits per heavy atom. The van der Waals surface area contributed by atoms with Crippen LogP contribution in [0.15, 0.2) is 58.3 Å². The topological polar surface area (TPSA) is 186 Å². The number of benzene rings is 1. The van der Waals surface area contributed by atoms with Crippen molar-refractivity contribution in [1.29, 1.82) is 0 Å². The number of alkyl halides is 3. The van der Waals surface area contributed by atoms with Crippen LogP contribution < -0.4 is 24.8 Å². The maximum Gasteiger partial charge on any atom is 0.471 e. The minimum atomic E-state index is -5.28. The van der Waals surface area contributed by atoms with Crippen LogP contribution in [-0.4, -0.2) is 90.7 Å². The Kier molecular flexibility index (Phi) is 10.4. The van der Waals surface area contributed by atoms with Gasteiger partial charge in [0.25, 0.3) is 5.91 Å². The molecule has 4 aromatic rings. The number of furan rings is 1. The highest BCUT2D eigenvalue weighted by Crippen LogP contribution is 2.46. The minimum absolute atomic E-state index is 0.0868. The van der Waals surface area contributed by atoms with Gasteiger partial charge in [-0.3, -0.25) is 23.9 Å². The lowest BCUT2D eigenvalue weighted by Crippen LogP contribution is -2.58. The number of thiophene rings is 1. The number of ether oxygens (including phenoxy) is 2. The van der Waals surface area contributed by atoms with Crippen LogP contribution in [0.1, 0.15) is 57.8 Å². The normalized spacial score (nSPS) is 26.2. The van der Waals surface area contributed by atoms with Crippen molar-refractivity contribution in [3.05, 3.63) is 53.9 Å². The van der Waals surface area contributed by atoms with E-state index in [1.54, 1.807) is 30.3 Å². The monoisotopic (exact) mass is 843 g/mol. The number of carbonyl (C=O) groups excluding carboxylic acids is 4. The molecule has 0 radical (unpaired) electrons. The highest BCUT2D eigenvalue weighted by atomic mass is 32.2. The van der Waals surface area contributed by atoms with E-state index in [-0.39, 0.29) is 37.1 Å². The zero-order valence-electron chi connectivity index (χ0n) is 31.2. The molecule has 0 unspecified atom stereocenters. The third-order valence-electron chi connectivity index (χ3n) is 11.1. The number of halogens is 3. The molecule has 0 bridgehead atoms. The van der Waals surface area contributed by atoms with Gasteiger partial charge in [-0.25, -0.2) is 13.4 Å². The summed E-state index contributed by atoms with van der Waals surface area (Å²) in [7, 11) is -2.48. The van der Waals surface area contributed by atoms with Crippen molar-refractivity contribution in [1.82, 2.24) is 25.2 Å². The van der Waals surface area contributed by atoms with Crippen molar-refractivity contribution in [2.45, 2.75) is 92.9 Å². The Morgan fingerprint density at radius 2 is 1.91 bits per heavy atom. The standard InChI is InChI=1S/C39H40F3N5O9S2/c1-54-22-11-14-25-29(17-22)56-33-30(18-27(43-32(25)33)31-10-7-15-57-31)55-23-16-28-34(48)45-38(36(50)46-58(52,53)24-12-13-24)19-21(38)8-5-3-2-4-6-9-26(35(49)47(28)20-23)44-37(51)39(40,41)42/h5,7-8,10-11,14-15,17-18,21,23-24,26,28H,2-4,6,9,12-13,16,19-20H2,1H3,(H,44,51)(H,45,48)(H,46,50)/b8-5-/t21-,23+,26-,28-,38+/m0/s1. The van der Waals surface area contributed by atoms with Gasteiger partial charge in [0.1, 0.15) is 40.6 Å². The number of nitrogens with one attached hydrogen (secondary N) is 3. The molecule has 5 atom stereocenters. The van der Waals surface area contributed by atoms with Gasteiger partial charge in [-0.2, -0.15) is 13.2 Å². The van der Waals surface area contributed by atoms with Gasteiger partial charge in [0, 0.05) is 29.9 Å². The minimum Gasteiger partial charge on any atom is -0.497 e. The molecule has 58 heavy (non-hydrogen) atoms. The van der Waals surface area contributed by atoms with Gasteiger partial charge in [0.2, 0.25) is 21.8 Å². The van der Waals surface area contributed by atoms with Gasteiger partial charge < -0.3 is 29.4 Å². The molecular formula is C39H40F3N5O9S2. The summed E-state index contributed by atoms with van der Waals surface area (Å²) in [5.41, 5.74) is 0.0771. The molecule has 308 valence electrons. The van der Waals surface area contributed by atoms with Gasteiger partial charge in [-0.15, -0.1) is 11.3 Å². The van der Waals surface area contributed by atoms with Crippen LogP contribution in [0.4, 0.5) is 13.2 Å². The summed E-state index contributed by atoms with van der Waals surface area (Å²) in [5.74, 6) is -4.77. The van der Waals surface area contributed by atoms with E-state index in [0.717, 1.165) is 9.78 Å². The molecule has 19 heteroatoms. The Balaban J connectivity index is 1.15. The molecule has 4 amide bonds. The SMILES string of the molecule is COc1ccc2c(c1)oc1c(O[C@@H]3C[C@H]4C(=O)N[C@]5(C(=O)NS(=O)(=O)C6CC6)C[C@@H]5/C=C\CCCCC[C@H](NC(=O)C(F)(F)F)C(=O)N4C3)cc(-c3cccs3)nc12. The number of rotatable bonds is 8. The highest BCUT2D eigenvalue weighted by molar-refractivity contribution is 7.91. The quantitative estimate of drug-likeness (QED) is 0.201. The van der Waals surface area contributed by atoms with Crippen LogP contribution in [0.25, 0.3) is 32.6 Å². The molecule has 2 saturated carbocycles. The number of methoxy groups -OCH3 is 1. The first kappa shape index (κ1) is 39.6. The molecule has 3 aromatic heterocycles. The zero-order valence-corrected chi connectivity index (χ0v) is 32.8. The fraction of sp³-hybridized carbons (Fsp3) is 0.462. The lowest BCUT2D eigenvalue weighted by molar-refractivity contribution is -0.175. The summed E-state index contributed by atoms with van der Waals surface area (Å²) in [4.78, 5) is 61.4. The number of fused-ring (bicyclic) bond motifs is 5. The molecule has 4 aliphatic rings. The number of sulfonamides is 1. The molecule has 8 rings (SSSR count). The van der Waals surface area contributed by atoms with E-state index in [1.807, 2.05) is 28.9 Å². The second kappa shape index (κ2) is 15.2. The number of aromatic nitrogens is 1. The van der Waals surface area contributed by atoms with Crippen LogP contribution >= 0.6 is 11.3 Å². The molecule has 5 heterocycles. The largest absolute Gasteiger partial charge is 0.497 e. The number of nitrogens with zero attached hydrogens (tertiary/aromatic N) is 2. The predicted molar refractivity (Wildman–Crippen MR) is 205 cm³/mol. The van der Waals surface area contributed by atoms with Crippen molar-refractivity contribution in [2.75, 3.05) is 13.7 Å². The lowest BCUT2D eigenvalue weighted by Gasteiger charge is -2.30. The van der Waals surface area contributed by atoms with Crippen LogP contribution in [0, 0.1) is 5.92 Å². The fourth-order valence-electron chi connectivity index (χ4n) is 7.72. The van der Waals surface area contributed by atoms with Crippen molar-refractivity contribution < 1.29 is 54.7 Å². The Morgan fingerprint density at radius 1 is 1.10 bits per heavy atom. The van der Waals surface area contributed by atoms with Crippen molar-refractivity contribution in [2.24, 2.45) is 5.92 Å². The fourth-order valence-corrected chi connectivity index (χ4v) is 9.77. The molecule has 1 saturated heterocycles. The van der Waals surface area contributed by atoms with Crippen molar-refractivity contribution in [3.8, 4) is 22.1 Å². The Bertz CT molecular complexity index is 2420. The van der Waals surface area contributed by atoms with E-state index in [1.165, 1.54) is 18.4 Å². The average molecular weight is 844 g/mol. The molecule has 2 aliphatic heterocycles. The van der Waals surface area contributed by atoms with Gasteiger partial charge in [0.15, 0.2) is 11.3 Å². The average Bonchev–Trinajstić information content (AvgIpc) is 3.98. The van der Waals surface area contributed by atoms with E-state index in [4.69, 9.17) is 18.9 Å². The molecule has 2 aliphatic carbocycles. The maximum atomic E-state index is 14.4. The summed E-state index contributed by atoms with van der Waals surface area (Å²) >= 11 is 1.44. The summed E-state index contributed by atoms with van der Waals surface area (Å²) in [5, 5.41) is 6.42. The zero-order chi connectivity index (χ0) is 41.0. The van der Waals surface area contributed by atoms with E-state index < -0.39 is 74.7 Å². The molecular weight excluding hydrogens is 804 g/mol. The summed E-state index contributed by atoms with van der Waals surface area (Å²) < 4.78 is 86.6. The van der Waals surface area contributed by atoms with Crippen LogP contribution in [0.3, 0.4) is 0 Å². The summed E-state index contributed by atoms with van der Waals surface area (Å²) in [6.45, 7) is -0.292. The van der Waals surface area contributed by atoms with Gasteiger partial charge in [0.05, 0.1) is 29.5 Å². The predicted octanol–water partition coefficient (Wildman–Crippen LogP) is 5.12. The second-order valence-corrected chi connectivity index (χ2v) is 18.1. The van der Waals surface area contributed by atoms with E-state index in [9.17, 15) is 40.8 Å². The molecule has 1 aromatic carbocycles. The van der Waals surface area contributed by atoms with Crippen LogP contribution in [0.2, 0.25) is 0 Å². The van der Waals surface area contributed by atoms with E-state index >= 15 is 0 Å². The van der Waals surface area contributed by atoms with Crippen LogP contribution in [-0.2, 0) is 29.2 Å². The van der Waals surface area contributed by atoms with Crippen molar-refractivity contribution in [3.63, 3.8) is 0 Å². The Labute approximate surface area is 334 Å². The third-order valence-corrected chi connectivity index (χ3v) is 13.8. The number of pyridine rings is 1. The van der Waals surface area contributed by atoms with Gasteiger partial charge in [-0.1, -0.05) is 31.1 Å². The first-order valence-corrected chi connectivity index (χ1v) is 21.4. The van der Waals surface area contributed by atoms with Gasteiger partial charge in [-0.05, 0) is 62.1 Å². The number of allylic oxidation sites excluding steroid dienone is 1. The first-order valence-electron chi connectivity index (χ1n) is 19.0. The summed E-state index contributed by atoms with van der Waals surface area (Å²) in [6.07, 6.45) is -0.169. The summed E-state index contributed by atoms with van der Waals surface area (Å²) in [6, 6.07) is 7.62. The molecule has 3 N–H and O–H groups in total. The maximum absolute atomic E-state index is 14.4. The highest BCUT2D eigenvalue weighted by Gasteiger charge is 2.62. The smallest absolute Gasteiger partial charge is 0.471 e. The lowest BCUT2D eigenvalue weighted by atomic mass is 10.0. The second-order valence-electron chi connectivity index (χ2n) is 15.1. The number of carbonyl (C=O) groups is 4. The van der Waals surface area contributed by atoms with E-state index in [0.29, 0.717) is 66.5 Å². The first-order chi connectivity index (χ1) is 27.7. The molecule has 14 nitrogen and oxygen atoms in total. The molecule has 0 spiro atoms. The number of amides is 4. The van der Waals surface area contributed by atoms with Crippen molar-refractivity contribution >= 4 is 67.1 Å². The van der Waals surface area contributed by atoms with Gasteiger partial charge >= 0.3 is 12.1 Å². The third kappa shape index (κ3) is 7.85.